The smallest absolute Gasteiger partial charge is 0.231 e. The van der Waals surface area contributed by atoms with Crippen LogP contribution in [0.4, 0.5) is 5.69 Å². The highest BCUT2D eigenvalue weighted by Crippen LogP contribution is 2.29. The number of carbonyl (C=O) groups excluding carboxylic acids is 2. The van der Waals surface area contributed by atoms with Crippen LogP contribution >= 0.6 is 0 Å². The van der Waals surface area contributed by atoms with Crippen LogP contribution in [0.1, 0.15) is 50.4 Å². The molecule has 1 aromatic carbocycles. The molecule has 1 rings (SSSR count). The summed E-state index contributed by atoms with van der Waals surface area (Å²) in [7, 11) is 0. The molecule has 2 atom stereocenters. The number of benzene rings is 1. The summed E-state index contributed by atoms with van der Waals surface area (Å²) < 4.78 is 0. The fraction of sp³-hybridized carbons (Fsp3) is 0.500. The van der Waals surface area contributed by atoms with Gasteiger partial charge in [-0.05, 0) is 31.9 Å². The summed E-state index contributed by atoms with van der Waals surface area (Å²) in [6, 6.07) is 6.76. The Morgan fingerprint density at radius 1 is 1.40 bits per heavy atom. The van der Waals surface area contributed by atoms with Crippen molar-refractivity contribution in [2.75, 3.05) is 5.32 Å². The summed E-state index contributed by atoms with van der Waals surface area (Å²) in [5, 5.41) is 2.84. The zero-order chi connectivity index (χ0) is 15.2. The minimum atomic E-state index is -0.633. The second-order valence-electron chi connectivity index (χ2n) is 5.33. The molecule has 0 heterocycles. The SMILES string of the molecule is CCCC(N)C(C)(CC)C(=O)Nc1ccccc1C=O. The lowest BCUT2D eigenvalue weighted by Crippen LogP contribution is -2.47. The van der Waals surface area contributed by atoms with Crippen LogP contribution in [0.2, 0.25) is 0 Å². The second kappa shape index (κ2) is 7.20. The van der Waals surface area contributed by atoms with Crippen LogP contribution in [-0.4, -0.2) is 18.2 Å². The number of hydrogen-bond acceptors (Lipinski definition) is 3. The van der Waals surface area contributed by atoms with Gasteiger partial charge in [-0.3, -0.25) is 9.59 Å². The molecule has 0 fully saturated rings. The first kappa shape index (κ1) is 16.4. The Hall–Kier alpha value is -1.68. The molecule has 110 valence electrons. The highest BCUT2D eigenvalue weighted by Gasteiger charge is 2.37. The predicted molar refractivity (Wildman–Crippen MR) is 81.7 cm³/mol. The van der Waals surface area contributed by atoms with Gasteiger partial charge in [0.05, 0.1) is 11.1 Å². The number of carbonyl (C=O) groups is 2. The zero-order valence-corrected chi connectivity index (χ0v) is 12.5. The maximum Gasteiger partial charge on any atom is 0.231 e. The Labute approximate surface area is 120 Å². The predicted octanol–water partition coefficient (Wildman–Crippen LogP) is 2.98. The van der Waals surface area contributed by atoms with E-state index >= 15 is 0 Å². The van der Waals surface area contributed by atoms with E-state index in [1.54, 1.807) is 24.3 Å². The first-order chi connectivity index (χ1) is 9.49. The van der Waals surface area contributed by atoms with Crippen molar-refractivity contribution in [1.29, 1.82) is 0 Å². The number of amides is 1. The van der Waals surface area contributed by atoms with E-state index in [0.717, 1.165) is 19.1 Å². The highest BCUT2D eigenvalue weighted by atomic mass is 16.2. The average molecular weight is 276 g/mol. The molecule has 0 saturated carbocycles. The van der Waals surface area contributed by atoms with Crippen molar-refractivity contribution in [3.05, 3.63) is 29.8 Å². The largest absolute Gasteiger partial charge is 0.327 e. The number of nitrogens with two attached hydrogens (primary N) is 1. The standard InChI is InChI=1S/C16H24N2O2/c1-4-8-14(17)16(3,5-2)15(20)18-13-10-7-6-9-12(13)11-19/h6-7,9-11,14H,4-5,8,17H2,1-3H3,(H,18,20). The molecule has 2 unspecified atom stereocenters. The van der Waals surface area contributed by atoms with Gasteiger partial charge in [0.15, 0.2) is 6.29 Å². The number of nitrogens with one attached hydrogen (secondary N) is 1. The first-order valence-electron chi connectivity index (χ1n) is 7.10. The Morgan fingerprint density at radius 2 is 2.05 bits per heavy atom. The Kier molecular flexibility index (Phi) is 5.89. The normalized spacial score (nSPS) is 15.2. The van der Waals surface area contributed by atoms with Gasteiger partial charge in [-0.1, -0.05) is 32.4 Å². The van der Waals surface area contributed by atoms with Crippen molar-refractivity contribution in [3.8, 4) is 0 Å². The minimum Gasteiger partial charge on any atom is -0.327 e. The summed E-state index contributed by atoms with van der Waals surface area (Å²) in [4.78, 5) is 23.5. The third-order valence-corrected chi connectivity index (χ3v) is 4.01. The molecule has 0 aliphatic rings. The van der Waals surface area contributed by atoms with Crippen LogP contribution in [0.15, 0.2) is 24.3 Å². The van der Waals surface area contributed by atoms with Crippen molar-refractivity contribution >= 4 is 17.9 Å². The molecule has 3 N–H and O–H groups in total. The molecule has 4 heteroatoms. The summed E-state index contributed by atoms with van der Waals surface area (Å²) in [6.45, 7) is 5.89. The third-order valence-electron chi connectivity index (χ3n) is 4.01. The lowest BCUT2D eigenvalue weighted by molar-refractivity contribution is -0.126. The molecule has 0 radical (unpaired) electrons. The molecular formula is C16H24N2O2. The van der Waals surface area contributed by atoms with Crippen LogP contribution in [0.5, 0.6) is 0 Å². The maximum absolute atomic E-state index is 12.5. The number of hydrogen-bond donors (Lipinski definition) is 2. The van der Waals surface area contributed by atoms with Crippen molar-refractivity contribution in [3.63, 3.8) is 0 Å². The van der Waals surface area contributed by atoms with Crippen LogP contribution in [0.25, 0.3) is 0 Å². The van der Waals surface area contributed by atoms with Crippen molar-refractivity contribution in [2.45, 2.75) is 46.1 Å². The number of rotatable bonds is 7. The first-order valence-corrected chi connectivity index (χ1v) is 7.10. The second-order valence-corrected chi connectivity index (χ2v) is 5.33. The Bertz CT molecular complexity index is 473. The van der Waals surface area contributed by atoms with E-state index in [9.17, 15) is 9.59 Å². The maximum atomic E-state index is 12.5. The number of aldehydes is 1. The third kappa shape index (κ3) is 3.45. The van der Waals surface area contributed by atoms with Crippen molar-refractivity contribution < 1.29 is 9.59 Å². The van der Waals surface area contributed by atoms with Crippen LogP contribution in [-0.2, 0) is 4.79 Å². The summed E-state index contributed by atoms with van der Waals surface area (Å²) in [5.74, 6) is -0.129. The molecule has 20 heavy (non-hydrogen) atoms. The molecule has 0 saturated heterocycles. The van der Waals surface area contributed by atoms with Crippen LogP contribution < -0.4 is 11.1 Å². The zero-order valence-electron chi connectivity index (χ0n) is 12.5. The molecule has 0 bridgehead atoms. The molecule has 0 spiro atoms. The van der Waals surface area contributed by atoms with Crippen LogP contribution in [0, 0.1) is 5.41 Å². The lowest BCUT2D eigenvalue weighted by atomic mass is 9.77. The Morgan fingerprint density at radius 3 is 2.60 bits per heavy atom. The van der Waals surface area contributed by atoms with E-state index in [0.29, 0.717) is 17.7 Å². The summed E-state index contributed by atoms with van der Waals surface area (Å²) in [6.07, 6.45) is 3.14. The van der Waals surface area contributed by atoms with E-state index in [2.05, 4.69) is 12.2 Å². The molecule has 0 aliphatic carbocycles. The highest BCUT2D eigenvalue weighted by molar-refractivity contribution is 5.99. The Balaban J connectivity index is 2.95. The van der Waals surface area contributed by atoms with Gasteiger partial charge >= 0.3 is 0 Å². The molecular weight excluding hydrogens is 252 g/mol. The van der Waals surface area contributed by atoms with Crippen LogP contribution in [0.3, 0.4) is 0 Å². The van der Waals surface area contributed by atoms with Gasteiger partial charge in [-0.15, -0.1) is 0 Å². The summed E-state index contributed by atoms with van der Waals surface area (Å²) >= 11 is 0. The van der Waals surface area contributed by atoms with Crippen molar-refractivity contribution in [2.24, 2.45) is 11.1 Å². The molecule has 0 aliphatic heterocycles. The quantitative estimate of drug-likeness (QED) is 0.752. The van der Waals surface area contributed by atoms with Gasteiger partial charge in [0.25, 0.3) is 0 Å². The minimum absolute atomic E-state index is 0.129. The molecule has 1 amide bonds. The number of para-hydroxylation sites is 1. The fourth-order valence-electron chi connectivity index (χ4n) is 2.20. The monoisotopic (exact) mass is 276 g/mol. The topological polar surface area (TPSA) is 72.2 Å². The fourth-order valence-corrected chi connectivity index (χ4v) is 2.20. The summed E-state index contributed by atoms with van der Waals surface area (Å²) in [5.41, 5.74) is 6.55. The van der Waals surface area contributed by atoms with Gasteiger partial charge in [0.1, 0.15) is 0 Å². The molecule has 0 aromatic heterocycles. The van der Waals surface area contributed by atoms with Gasteiger partial charge in [0.2, 0.25) is 5.91 Å². The van der Waals surface area contributed by atoms with Gasteiger partial charge < -0.3 is 11.1 Å². The van der Waals surface area contributed by atoms with Crippen molar-refractivity contribution in [1.82, 2.24) is 0 Å². The van der Waals surface area contributed by atoms with Gasteiger partial charge in [-0.25, -0.2) is 0 Å². The van der Waals surface area contributed by atoms with E-state index in [-0.39, 0.29) is 11.9 Å². The van der Waals surface area contributed by atoms with Gasteiger partial charge in [-0.2, -0.15) is 0 Å². The van der Waals surface area contributed by atoms with E-state index in [1.165, 1.54) is 0 Å². The average Bonchev–Trinajstić information content (AvgIpc) is 2.47. The lowest BCUT2D eigenvalue weighted by Gasteiger charge is -2.33. The van der Waals surface area contributed by atoms with E-state index < -0.39 is 5.41 Å². The molecule has 4 nitrogen and oxygen atoms in total. The number of anilines is 1. The van der Waals surface area contributed by atoms with E-state index in [1.807, 2.05) is 13.8 Å². The van der Waals surface area contributed by atoms with Gasteiger partial charge in [0, 0.05) is 11.6 Å². The molecule has 1 aromatic rings. The van der Waals surface area contributed by atoms with E-state index in [4.69, 9.17) is 5.73 Å².